The maximum Gasteiger partial charge on any atom is 0.270 e. The van der Waals surface area contributed by atoms with Gasteiger partial charge in [-0.1, -0.05) is 67.6 Å². The minimum absolute atomic E-state index is 0.00395. The first-order valence-electron chi connectivity index (χ1n) is 8.96. The van der Waals surface area contributed by atoms with Crippen molar-refractivity contribution in [2.45, 2.75) is 31.6 Å². The molecule has 1 saturated heterocycles. The van der Waals surface area contributed by atoms with Crippen LogP contribution in [0.5, 0.6) is 0 Å². The van der Waals surface area contributed by atoms with E-state index >= 15 is 0 Å². The van der Waals surface area contributed by atoms with E-state index in [4.69, 9.17) is 0 Å². The van der Waals surface area contributed by atoms with Gasteiger partial charge in [-0.3, -0.25) is 19.8 Å². The molecule has 0 radical (unpaired) electrons. The van der Waals surface area contributed by atoms with E-state index in [-0.39, 0.29) is 16.8 Å². The summed E-state index contributed by atoms with van der Waals surface area (Å²) in [5.41, 5.74) is 1.59. The highest BCUT2D eigenvalue weighted by molar-refractivity contribution is 8.15. The molecule has 0 spiro atoms. The highest BCUT2D eigenvalue weighted by Gasteiger charge is 2.37. The minimum Gasteiger partial charge on any atom is -0.284 e. The summed E-state index contributed by atoms with van der Waals surface area (Å²) in [5, 5.41) is 19.6. The molecule has 28 heavy (non-hydrogen) atoms. The minimum atomic E-state index is -0.453. The molecular formula is C20H20N4O3S. The highest BCUT2D eigenvalue weighted by atomic mass is 32.2. The van der Waals surface area contributed by atoms with Gasteiger partial charge in [-0.05, 0) is 12.0 Å². The SMILES string of the molecule is CCCC1S/C(=N\N=C\c2cccc([N+](=O)[O-])c2)N(Cc2ccccc2)C1=O. The summed E-state index contributed by atoms with van der Waals surface area (Å²) in [6.07, 6.45) is 3.15. The van der Waals surface area contributed by atoms with E-state index in [1.165, 1.54) is 30.1 Å². The largest absolute Gasteiger partial charge is 0.284 e. The van der Waals surface area contributed by atoms with E-state index in [1.54, 1.807) is 17.0 Å². The van der Waals surface area contributed by atoms with Gasteiger partial charge in [0.2, 0.25) is 5.91 Å². The Bertz CT molecular complexity index is 915. The van der Waals surface area contributed by atoms with Crippen molar-refractivity contribution in [3.63, 3.8) is 0 Å². The number of rotatable bonds is 7. The number of amidine groups is 1. The van der Waals surface area contributed by atoms with Crippen LogP contribution in [0.2, 0.25) is 0 Å². The number of thioether (sulfide) groups is 1. The zero-order valence-electron chi connectivity index (χ0n) is 15.4. The van der Waals surface area contributed by atoms with Crippen LogP contribution in [0.1, 0.15) is 30.9 Å². The summed E-state index contributed by atoms with van der Waals surface area (Å²) in [6.45, 7) is 2.49. The summed E-state index contributed by atoms with van der Waals surface area (Å²) >= 11 is 1.42. The van der Waals surface area contributed by atoms with Crippen molar-refractivity contribution >= 4 is 34.7 Å². The lowest BCUT2D eigenvalue weighted by atomic mass is 10.2. The first-order valence-corrected chi connectivity index (χ1v) is 9.84. The fourth-order valence-corrected chi connectivity index (χ4v) is 4.02. The van der Waals surface area contributed by atoms with Gasteiger partial charge in [0, 0.05) is 17.7 Å². The summed E-state index contributed by atoms with van der Waals surface area (Å²) in [7, 11) is 0. The molecule has 1 aliphatic heterocycles. The van der Waals surface area contributed by atoms with Crippen LogP contribution in [0.3, 0.4) is 0 Å². The number of hydrogen-bond acceptors (Lipinski definition) is 6. The second-order valence-corrected chi connectivity index (χ2v) is 7.45. The second kappa shape index (κ2) is 9.27. The van der Waals surface area contributed by atoms with Crippen molar-refractivity contribution in [2.24, 2.45) is 10.2 Å². The van der Waals surface area contributed by atoms with Crippen LogP contribution < -0.4 is 0 Å². The van der Waals surface area contributed by atoms with E-state index in [9.17, 15) is 14.9 Å². The third kappa shape index (κ3) is 4.83. The summed E-state index contributed by atoms with van der Waals surface area (Å²) in [6, 6.07) is 15.9. The molecule has 0 N–H and O–H groups in total. The van der Waals surface area contributed by atoms with Gasteiger partial charge in [0.25, 0.3) is 5.69 Å². The second-order valence-electron chi connectivity index (χ2n) is 6.28. The van der Waals surface area contributed by atoms with Gasteiger partial charge in [0.1, 0.15) is 0 Å². The van der Waals surface area contributed by atoms with Crippen molar-refractivity contribution in [3.05, 3.63) is 75.8 Å². The summed E-state index contributed by atoms with van der Waals surface area (Å²) in [5.74, 6) is 0.0417. The number of amides is 1. The quantitative estimate of drug-likeness (QED) is 0.398. The van der Waals surface area contributed by atoms with E-state index in [2.05, 4.69) is 10.2 Å². The maximum absolute atomic E-state index is 12.8. The molecule has 2 aromatic rings. The molecule has 0 aromatic heterocycles. The monoisotopic (exact) mass is 396 g/mol. The fourth-order valence-electron chi connectivity index (χ4n) is 2.81. The highest BCUT2D eigenvalue weighted by Crippen LogP contribution is 2.31. The molecule has 1 heterocycles. The number of carbonyl (C=O) groups is 1. The lowest BCUT2D eigenvalue weighted by Gasteiger charge is -2.15. The van der Waals surface area contributed by atoms with Crippen LogP contribution in [0.15, 0.2) is 64.8 Å². The number of carbonyl (C=O) groups excluding carboxylic acids is 1. The standard InChI is InChI=1S/C20H20N4O3S/c1-2-7-18-19(25)23(14-15-8-4-3-5-9-15)20(28-18)22-21-13-16-10-6-11-17(12-16)24(26)27/h3-6,8-13,18H,2,7,14H2,1H3/b21-13+,22-20-. The molecule has 1 atom stereocenters. The first kappa shape index (κ1) is 19.8. The Morgan fingerprint density at radius 3 is 2.71 bits per heavy atom. The molecule has 0 aliphatic carbocycles. The predicted molar refractivity (Wildman–Crippen MR) is 111 cm³/mol. The Morgan fingerprint density at radius 1 is 1.21 bits per heavy atom. The van der Waals surface area contributed by atoms with Crippen LogP contribution in [0.25, 0.3) is 0 Å². The van der Waals surface area contributed by atoms with Gasteiger partial charge >= 0.3 is 0 Å². The molecule has 1 aliphatic rings. The van der Waals surface area contributed by atoms with Crippen molar-refractivity contribution < 1.29 is 9.72 Å². The van der Waals surface area contributed by atoms with Crippen molar-refractivity contribution in [3.8, 4) is 0 Å². The number of benzene rings is 2. The van der Waals surface area contributed by atoms with Gasteiger partial charge in [0.05, 0.1) is 22.9 Å². The molecular weight excluding hydrogens is 376 g/mol. The molecule has 0 bridgehead atoms. The molecule has 2 aromatic carbocycles. The average molecular weight is 396 g/mol. The smallest absolute Gasteiger partial charge is 0.270 e. The lowest BCUT2D eigenvalue weighted by molar-refractivity contribution is -0.384. The van der Waals surface area contributed by atoms with E-state index in [1.807, 2.05) is 37.3 Å². The predicted octanol–water partition coefficient (Wildman–Crippen LogP) is 4.23. The lowest BCUT2D eigenvalue weighted by Crippen LogP contribution is -2.31. The van der Waals surface area contributed by atoms with Gasteiger partial charge < -0.3 is 0 Å². The summed E-state index contributed by atoms with van der Waals surface area (Å²) < 4.78 is 0. The number of nitro benzene ring substituents is 1. The number of non-ortho nitro benzene ring substituents is 1. The topological polar surface area (TPSA) is 88.2 Å². The fraction of sp³-hybridized carbons (Fsp3) is 0.250. The van der Waals surface area contributed by atoms with Gasteiger partial charge in [-0.25, -0.2) is 0 Å². The van der Waals surface area contributed by atoms with Gasteiger partial charge in [-0.15, -0.1) is 5.10 Å². The van der Waals surface area contributed by atoms with E-state index in [0.29, 0.717) is 17.3 Å². The third-order valence-corrected chi connectivity index (χ3v) is 5.42. The zero-order valence-corrected chi connectivity index (χ0v) is 16.2. The average Bonchev–Trinajstić information content (AvgIpc) is 2.98. The number of hydrogen-bond donors (Lipinski definition) is 0. The Morgan fingerprint density at radius 2 is 2.00 bits per heavy atom. The molecule has 144 valence electrons. The molecule has 1 amide bonds. The third-order valence-electron chi connectivity index (χ3n) is 4.19. The first-order chi connectivity index (χ1) is 13.6. The van der Waals surface area contributed by atoms with Crippen LogP contribution >= 0.6 is 11.8 Å². The van der Waals surface area contributed by atoms with Crippen LogP contribution in [-0.2, 0) is 11.3 Å². The van der Waals surface area contributed by atoms with Gasteiger partial charge in [0.15, 0.2) is 5.17 Å². The van der Waals surface area contributed by atoms with Crippen molar-refractivity contribution in [1.82, 2.24) is 4.90 Å². The Hall–Kier alpha value is -3.00. The normalized spacial score (nSPS) is 18.3. The molecule has 0 saturated carbocycles. The molecule has 3 rings (SSSR count). The maximum atomic E-state index is 12.8. The molecule has 1 unspecified atom stereocenters. The van der Waals surface area contributed by atoms with E-state index < -0.39 is 4.92 Å². The Kier molecular flexibility index (Phi) is 6.54. The van der Waals surface area contributed by atoms with Crippen LogP contribution in [-0.4, -0.2) is 32.4 Å². The van der Waals surface area contributed by atoms with E-state index in [0.717, 1.165) is 18.4 Å². The van der Waals surface area contributed by atoms with Crippen molar-refractivity contribution in [1.29, 1.82) is 0 Å². The Balaban J connectivity index is 1.81. The van der Waals surface area contributed by atoms with Crippen molar-refractivity contribution in [2.75, 3.05) is 0 Å². The number of nitro groups is 1. The molecule has 8 heteroatoms. The Labute approximate surface area is 167 Å². The molecule has 7 nitrogen and oxygen atoms in total. The van der Waals surface area contributed by atoms with Crippen LogP contribution in [0, 0.1) is 10.1 Å². The van der Waals surface area contributed by atoms with Crippen LogP contribution in [0.4, 0.5) is 5.69 Å². The van der Waals surface area contributed by atoms with Gasteiger partial charge in [-0.2, -0.15) is 5.10 Å². The summed E-state index contributed by atoms with van der Waals surface area (Å²) in [4.78, 5) is 24.8. The number of nitrogens with zero attached hydrogens (tertiary/aromatic N) is 4. The molecule has 1 fully saturated rings. The zero-order chi connectivity index (χ0) is 19.9.